The Hall–Kier alpha value is -1.23. The fourth-order valence-corrected chi connectivity index (χ4v) is 1.46. The van der Waals surface area contributed by atoms with Gasteiger partial charge >= 0.3 is 0 Å². The molecule has 0 aromatic carbocycles. The SMILES string of the molecule is CN(C)c1ncc2scnc2n1. The van der Waals surface area contributed by atoms with Crippen LogP contribution < -0.4 is 4.90 Å². The highest BCUT2D eigenvalue weighted by Gasteiger charge is 2.02. The molecule has 12 heavy (non-hydrogen) atoms. The van der Waals surface area contributed by atoms with Crippen molar-refractivity contribution < 1.29 is 0 Å². The van der Waals surface area contributed by atoms with E-state index in [0.717, 1.165) is 10.3 Å². The smallest absolute Gasteiger partial charge is 0.226 e. The summed E-state index contributed by atoms with van der Waals surface area (Å²) in [6.07, 6.45) is 1.80. The number of aromatic nitrogens is 3. The summed E-state index contributed by atoms with van der Waals surface area (Å²) in [4.78, 5) is 14.4. The lowest BCUT2D eigenvalue weighted by molar-refractivity contribution is 1.01. The number of fused-ring (bicyclic) bond motifs is 1. The summed E-state index contributed by atoms with van der Waals surface area (Å²) in [5.74, 6) is 0.702. The van der Waals surface area contributed by atoms with Gasteiger partial charge in [-0.15, -0.1) is 11.3 Å². The highest BCUT2D eigenvalue weighted by Crippen LogP contribution is 2.15. The molecule has 0 atom stereocenters. The van der Waals surface area contributed by atoms with Crippen LogP contribution in [0.5, 0.6) is 0 Å². The van der Waals surface area contributed by atoms with Crippen LogP contribution in [0.4, 0.5) is 5.95 Å². The third-order valence-corrected chi connectivity index (χ3v) is 2.23. The van der Waals surface area contributed by atoms with E-state index in [-0.39, 0.29) is 0 Å². The van der Waals surface area contributed by atoms with Crippen molar-refractivity contribution in [3.63, 3.8) is 0 Å². The Kier molecular flexibility index (Phi) is 1.65. The maximum atomic E-state index is 4.25. The summed E-state index contributed by atoms with van der Waals surface area (Å²) < 4.78 is 1.03. The van der Waals surface area contributed by atoms with Crippen molar-refractivity contribution in [2.45, 2.75) is 0 Å². The highest BCUT2D eigenvalue weighted by atomic mass is 32.1. The number of thiazole rings is 1. The van der Waals surface area contributed by atoms with Crippen LogP contribution in [-0.4, -0.2) is 29.0 Å². The fraction of sp³-hybridized carbons (Fsp3) is 0.286. The van der Waals surface area contributed by atoms with Gasteiger partial charge in [-0.25, -0.2) is 9.97 Å². The van der Waals surface area contributed by atoms with Crippen molar-refractivity contribution in [2.24, 2.45) is 0 Å². The molecule has 0 amide bonds. The normalized spacial score (nSPS) is 10.5. The van der Waals surface area contributed by atoms with Gasteiger partial charge in [0.15, 0.2) is 5.65 Å². The van der Waals surface area contributed by atoms with Crippen LogP contribution >= 0.6 is 11.3 Å². The average Bonchev–Trinajstić information content (AvgIpc) is 2.49. The Labute approximate surface area is 73.9 Å². The standard InChI is InChI=1S/C7H8N4S/c1-11(2)7-8-3-5-6(10-7)9-4-12-5/h3-4H,1-2H3. The molecular formula is C7H8N4S. The second kappa shape index (κ2) is 2.67. The van der Waals surface area contributed by atoms with Gasteiger partial charge in [0.1, 0.15) is 0 Å². The molecule has 0 unspecified atom stereocenters. The molecule has 0 spiro atoms. The van der Waals surface area contributed by atoms with Crippen molar-refractivity contribution in [3.8, 4) is 0 Å². The largest absolute Gasteiger partial charge is 0.347 e. The third-order valence-electron chi connectivity index (χ3n) is 1.48. The van der Waals surface area contributed by atoms with Crippen molar-refractivity contribution in [1.29, 1.82) is 0 Å². The second-order valence-corrected chi connectivity index (χ2v) is 3.49. The second-order valence-electron chi connectivity index (χ2n) is 2.60. The average molecular weight is 180 g/mol. The van der Waals surface area contributed by atoms with Gasteiger partial charge < -0.3 is 4.90 Å². The molecule has 4 nitrogen and oxygen atoms in total. The van der Waals surface area contributed by atoms with Crippen molar-refractivity contribution in [3.05, 3.63) is 11.7 Å². The van der Waals surface area contributed by atoms with E-state index in [1.165, 1.54) is 0 Å². The van der Waals surface area contributed by atoms with E-state index >= 15 is 0 Å². The van der Waals surface area contributed by atoms with Crippen LogP contribution in [0.25, 0.3) is 10.3 Å². The molecule has 2 heterocycles. The Bertz CT molecular complexity index is 395. The molecule has 62 valence electrons. The molecule has 2 aromatic rings. The summed E-state index contributed by atoms with van der Waals surface area (Å²) in [5, 5.41) is 0. The van der Waals surface area contributed by atoms with Crippen LogP contribution in [0.1, 0.15) is 0 Å². The van der Waals surface area contributed by atoms with Gasteiger partial charge in [-0.1, -0.05) is 0 Å². The predicted molar refractivity (Wildman–Crippen MR) is 49.5 cm³/mol. The Morgan fingerprint density at radius 1 is 1.33 bits per heavy atom. The van der Waals surface area contributed by atoms with Gasteiger partial charge in [0, 0.05) is 14.1 Å². The van der Waals surface area contributed by atoms with Crippen molar-refractivity contribution >= 4 is 27.6 Å². The minimum atomic E-state index is 0.702. The van der Waals surface area contributed by atoms with Crippen molar-refractivity contribution in [2.75, 3.05) is 19.0 Å². The molecular weight excluding hydrogens is 172 g/mol. The topological polar surface area (TPSA) is 41.9 Å². The first-order valence-electron chi connectivity index (χ1n) is 3.51. The van der Waals surface area contributed by atoms with Gasteiger partial charge in [0.05, 0.1) is 16.4 Å². The monoisotopic (exact) mass is 180 g/mol. The molecule has 0 aliphatic carbocycles. The number of hydrogen-bond acceptors (Lipinski definition) is 5. The summed E-state index contributed by atoms with van der Waals surface area (Å²) in [6.45, 7) is 0. The molecule has 2 aromatic heterocycles. The molecule has 5 heteroatoms. The zero-order valence-electron chi connectivity index (χ0n) is 6.85. The minimum Gasteiger partial charge on any atom is -0.347 e. The Balaban J connectivity index is 2.60. The van der Waals surface area contributed by atoms with Crippen LogP contribution in [0, 0.1) is 0 Å². The zero-order chi connectivity index (χ0) is 8.55. The molecule has 0 saturated carbocycles. The number of rotatable bonds is 1. The van der Waals surface area contributed by atoms with Crippen LogP contribution in [-0.2, 0) is 0 Å². The number of nitrogens with zero attached hydrogens (tertiary/aromatic N) is 4. The quantitative estimate of drug-likeness (QED) is 0.660. The Morgan fingerprint density at radius 2 is 2.17 bits per heavy atom. The lowest BCUT2D eigenvalue weighted by atomic mass is 10.6. The summed E-state index contributed by atoms with van der Waals surface area (Å²) >= 11 is 1.55. The lowest BCUT2D eigenvalue weighted by Gasteiger charge is -2.07. The zero-order valence-corrected chi connectivity index (χ0v) is 7.67. The van der Waals surface area contributed by atoms with Crippen LogP contribution in [0.15, 0.2) is 11.7 Å². The van der Waals surface area contributed by atoms with Gasteiger partial charge in [-0.2, -0.15) is 4.98 Å². The molecule has 0 N–H and O–H groups in total. The van der Waals surface area contributed by atoms with E-state index in [2.05, 4.69) is 15.0 Å². The third kappa shape index (κ3) is 1.12. The van der Waals surface area contributed by atoms with E-state index in [1.54, 1.807) is 23.0 Å². The highest BCUT2D eigenvalue weighted by molar-refractivity contribution is 7.16. The van der Waals surface area contributed by atoms with E-state index in [1.807, 2.05) is 19.0 Å². The molecule has 0 fully saturated rings. The summed E-state index contributed by atoms with van der Waals surface area (Å²) in [5.41, 5.74) is 2.55. The molecule has 0 saturated heterocycles. The van der Waals surface area contributed by atoms with E-state index < -0.39 is 0 Å². The van der Waals surface area contributed by atoms with Gasteiger partial charge in [-0.05, 0) is 0 Å². The first-order valence-corrected chi connectivity index (χ1v) is 4.39. The lowest BCUT2D eigenvalue weighted by Crippen LogP contribution is -2.12. The van der Waals surface area contributed by atoms with E-state index in [0.29, 0.717) is 5.95 Å². The maximum Gasteiger partial charge on any atom is 0.226 e. The first-order chi connectivity index (χ1) is 5.77. The molecule has 2 rings (SSSR count). The molecule has 0 bridgehead atoms. The van der Waals surface area contributed by atoms with E-state index in [4.69, 9.17) is 0 Å². The first kappa shape index (κ1) is 7.42. The fourth-order valence-electron chi connectivity index (χ4n) is 0.877. The van der Waals surface area contributed by atoms with Gasteiger partial charge in [0.25, 0.3) is 0 Å². The van der Waals surface area contributed by atoms with Gasteiger partial charge in [0.2, 0.25) is 5.95 Å². The molecule has 0 aliphatic rings. The van der Waals surface area contributed by atoms with Crippen molar-refractivity contribution in [1.82, 2.24) is 15.0 Å². The van der Waals surface area contributed by atoms with E-state index in [9.17, 15) is 0 Å². The predicted octanol–water partition coefficient (Wildman–Crippen LogP) is 1.15. The molecule has 0 aliphatic heterocycles. The Morgan fingerprint density at radius 3 is 2.92 bits per heavy atom. The minimum absolute atomic E-state index is 0.702. The summed E-state index contributed by atoms with van der Waals surface area (Å²) in [6, 6.07) is 0. The summed E-state index contributed by atoms with van der Waals surface area (Å²) in [7, 11) is 3.82. The molecule has 0 radical (unpaired) electrons. The number of anilines is 1. The number of hydrogen-bond donors (Lipinski definition) is 0. The van der Waals surface area contributed by atoms with Gasteiger partial charge in [-0.3, -0.25) is 0 Å². The van der Waals surface area contributed by atoms with Crippen LogP contribution in [0.2, 0.25) is 0 Å². The van der Waals surface area contributed by atoms with Crippen LogP contribution in [0.3, 0.4) is 0 Å². The maximum absolute atomic E-state index is 4.25.